The van der Waals surface area contributed by atoms with Crippen LogP contribution in [0.4, 0.5) is 16.2 Å². The van der Waals surface area contributed by atoms with E-state index in [1.807, 2.05) is 68.4 Å². The fourth-order valence-electron chi connectivity index (χ4n) is 5.22. The summed E-state index contributed by atoms with van der Waals surface area (Å²) in [6.45, 7) is 7.81. The van der Waals surface area contributed by atoms with Gasteiger partial charge in [0.25, 0.3) is 0 Å². The highest BCUT2D eigenvalue weighted by atomic mass is 16.5. The lowest BCUT2D eigenvalue weighted by Gasteiger charge is -2.33. The van der Waals surface area contributed by atoms with Gasteiger partial charge in [-0.2, -0.15) is 0 Å². The molecule has 0 radical (unpaired) electrons. The van der Waals surface area contributed by atoms with Crippen LogP contribution in [0.2, 0.25) is 0 Å². The Morgan fingerprint density at radius 2 is 1.84 bits per heavy atom. The Kier molecular flexibility index (Phi) is 6.70. The molecule has 0 spiro atoms. The number of aromatic nitrogens is 1. The van der Waals surface area contributed by atoms with Crippen LogP contribution in [0.25, 0.3) is 5.70 Å². The minimum atomic E-state index is -0.324. The molecule has 2 unspecified atom stereocenters. The average molecular weight is 497 g/mol. The molecular formula is C30H32N4O3. The zero-order valence-corrected chi connectivity index (χ0v) is 21.7. The van der Waals surface area contributed by atoms with Gasteiger partial charge in [-0.3, -0.25) is 14.7 Å². The lowest BCUT2D eigenvalue weighted by Crippen LogP contribution is -2.43. The Labute approximate surface area is 217 Å². The predicted molar refractivity (Wildman–Crippen MR) is 145 cm³/mol. The Bertz CT molecular complexity index is 1380. The number of anilines is 2. The van der Waals surface area contributed by atoms with Crippen LogP contribution < -0.4 is 20.3 Å². The van der Waals surface area contributed by atoms with Gasteiger partial charge < -0.3 is 15.4 Å². The van der Waals surface area contributed by atoms with Crippen LogP contribution in [0.15, 0.2) is 66.4 Å². The van der Waals surface area contributed by atoms with Crippen molar-refractivity contribution in [2.75, 3.05) is 4.90 Å². The molecule has 1 aliphatic carbocycles. The normalized spacial score (nSPS) is 20.2. The second-order valence-electron chi connectivity index (χ2n) is 10.0. The second kappa shape index (κ2) is 10.1. The molecule has 7 nitrogen and oxygen atoms in total. The number of para-hydroxylation sites is 1. The number of hydrogen-bond donors (Lipinski definition) is 2. The van der Waals surface area contributed by atoms with Gasteiger partial charge in [-0.25, -0.2) is 4.79 Å². The van der Waals surface area contributed by atoms with Crippen LogP contribution in [-0.2, 0) is 4.79 Å². The van der Waals surface area contributed by atoms with Gasteiger partial charge in [0.05, 0.1) is 17.1 Å². The van der Waals surface area contributed by atoms with Crippen molar-refractivity contribution in [1.29, 1.82) is 0 Å². The Balaban J connectivity index is 1.48. The Morgan fingerprint density at radius 1 is 1.05 bits per heavy atom. The molecule has 37 heavy (non-hydrogen) atoms. The van der Waals surface area contributed by atoms with Crippen molar-refractivity contribution in [3.63, 3.8) is 0 Å². The largest absolute Gasteiger partial charge is 0.457 e. The van der Waals surface area contributed by atoms with E-state index in [0.29, 0.717) is 28.6 Å². The number of ether oxygens (including phenoxy) is 1. The first kappa shape index (κ1) is 24.6. The highest BCUT2D eigenvalue weighted by molar-refractivity contribution is 6.14. The number of aryl methyl sites for hydroxylation is 2. The summed E-state index contributed by atoms with van der Waals surface area (Å²) in [6, 6.07) is 16.9. The van der Waals surface area contributed by atoms with E-state index in [4.69, 9.17) is 4.74 Å². The number of amides is 3. The molecule has 1 fully saturated rings. The SMILES string of the molecule is C/C(C(=O)NC1CCC(C)C1)=C1/NC(=O)N(c2ccc(Oc3ccccc3)cc2C)c2ccnc(C)c21. The number of carbonyl (C=O) groups is 2. The van der Waals surface area contributed by atoms with Crippen molar-refractivity contribution in [2.24, 2.45) is 5.92 Å². The topological polar surface area (TPSA) is 83.6 Å². The van der Waals surface area contributed by atoms with E-state index in [0.717, 1.165) is 47.5 Å². The smallest absolute Gasteiger partial charge is 0.331 e. The average Bonchev–Trinajstić information content (AvgIpc) is 3.29. The standard InChI is InChI=1S/C30H32N4O3/c1-18-10-11-22(16-18)32-29(35)20(3)28-27-21(4)31-15-14-26(27)34(30(36)33-28)25-13-12-24(17-19(25)2)37-23-8-6-5-7-9-23/h5-9,12-15,17-18,22H,10-11,16H2,1-4H3,(H,32,35)(H,33,36)/b28-20-. The van der Waals surface area contributed by atoms with Crippen LogP contribution >= 0.6 is 0 Å². The summed E-state index contributed by atoms with van der Waals surface area (Å²) in [5.41, 5.74) is 4.76. The summed E-state index contributed by atoms with van der Waals surface area (Å²) in [5, 5.41) is 6.15. The maximum atomic E-state index is 13.5. The number of pyridine rings is 1. The molecule has 3 amide bonds. The summed E-state index contributed by atoms with van der Waals surface area (Å²) in [5.74, 6) is 1.88. The van der Waals surface area contributed by atoms with Crippen LogP contribution in [0.1, 0.15) is 49.9 Å². The van der Waals surface area contributed by atoms with Gasteiger partial charge in [0.1, 0.15) is 11.5 Å². The zero-order chi connectivity index (χ0) is 26.1. The third kappa shape index (κ3) is 4.94. The van der Waals surface area contributed by atoms with Gasteiger partial charge in [-0.05, 0) is 87.9 Å². The number of hydrogen-bond acceptors (Lipinski definition) is 4. The molecule has 190 valence electrons. The van der Waals surface area contributed by atoms with E-state index >= 15 is 0 Å². The molecule has 2 N–H and O–H groups in total. The number of benzene rings is 2. The molecule has 0 saturated heterocycles. The third-order valence-electron chi connectivity index (χ3n) is 7.18. The number of fused-ring (bicyclic) bond motifs is 1. The summed E-state index contributed by atoms with van der Waals surface area (Å²) < 4.78 is 5.97. The number of carbonyl (C=O) groups excluding carboxylic acids is 2. The van der Waals surface area contributed by atoms with E-state index in [2.05, 4.69) is 22.5 Å². The van der Waals surface area contributed by atoms with Gasteiger partial charge in [0.15, 0.2) is 0 Å². The van der Waals surface area contributed by atoms with Crippen LogP contribution in [0.5, 0.6) is 11.5 Å². The van der Waals surface area contributed by atoms with Gasteiger partial charge in [0.2, 0.25) is 5.91 Å². The molecule has 3 aromatic rings. The molecule has 1 aliphatic heterocycles. The van der Waals surface area contributed by atoms with E-state index < -0.39 is 0 Å². The molecule has 5 rings (SSSR count). The van der Waals surface area contributed by atoms with Gasteiger partial charge in [0, 0.05) is 29.1 Å². The maximum absolute atomic E-state index is 13.5. The molecule has 2 aliphatic rings. The number of urea groups is 1. The first-order valence-corrected chi connectivity index (χ1v) is 12.7. The van der Waals surface area contributed by atoms with Crippen LogP contribution in [0.3, 0.4) is 0 Å². The molecule has 7 heteroatoms. The van der Waals surface area contributed by atoms with E-state index in [1.165, 1.54) is 0 Å². The third-order valence-corrected chi connectivity index (χ3v) is 7.18. The fourth-order valence-corrected chi connectivity index (χ4v) is 5.22. The second-order valence-corrected chi connectivity index (χ2v) is 10.0. The van der Waals surface area contributed by atoms with Crippen LogP contribution in [-0.4, -0.2) is 23.0 Å². The highest BCUT2D eigenvalue weighted by Crippen LogP contribution is 2.40. The van der Waals surface area contributed by atoms with Crippen molar-refractivity contribution in [3.05, 3.63) is 83.2 Å². The van der Waals surface area contributed by atoms with Crippen LogP contribution in [0, 0.1) is 19.8 Å². The molecular weight excluding hydrogens is 464 g/mol. The summed E-state index contributed by atoms with van der Waals surface area (Å²) in [4.78, 5) is 32.8. The maximum Gasteiger partial charge on any atom is 0.331 e. The monoisotopic (exact) mass is 496 g/mol. The van der Waals surface area contributed by atoms with Crippen molar-refractivity contribution < 1.29 is 14.3 Å². The van der Waals surface area contributed by atoms with Crippen molar-refractivity contribution >= 4 is 29.0 Å². The van der Waals surface area contributed by atoms with Gasteiger partial charge >= 0.3 is 6.03 Å². The minimum Gasteiger partial charge on any atom is -0.457 e. The number of nitrogens with zero attached hydrogens (tertiary/aromatic N) is 2. The first-order chi connectivity index (χ1) is 17.8. The predicted octanol–water partition coefficient (Wildman–Crippen LogP) is 6.39. The summed E-state index contributed by atoms with van der Waals surface area (Å²) in [6.07, 6.45) is 4.77. The fraction of sp³-hybridized carbons (Fsp3) is 0.300. The molecule has 1 aromatic heterocycles. The zero-order valence-electron chi connectivity index (χ0n) is 21.7. The Hall–Kier alpha value is -4.13. The van der Waals surface area contributed by atoms with E-state index in [1.54, 1.807) is 18.0 Å². The lowest BCUT2D eigenvalue weighted by molar-refractivity contribution is -0.118. The summed E-state index contributed by atoms with van der Waals surface area (Å²) in [7, 11) is 0. The minimum absolute atomic E-state index is 0.157. The summed E-state index contributed by atoms with van der Waals surface area (Å²) >= 11 is 0. The Morgan fingerprint density at radius 3 is 2.54 bits per heavy atom. The van der Waals surface area contributed by atoms with Gasteiger partial charge in [-0.15, -0.1) is 0 Å². The van der Waals surface area contributed by atoms with Crippen molar-refractivity contribution in [1.82, 2.24) is 15.6 Å². The first-order valence-electron chi connectivity index (χ1n) is 12.7. The van der Waals surface area contributed by atoms with E-state index in [-0.39, 0.29) is 18.0 Å². The molecule has 2 atom stereocenters. The number of rotatable bonds is 5. The quantitative estimate of drug-likeness (QED) is 0.401. The number of nitrogens with one attached hydrogen (secondary N) is 2. The van der Waals surface area contributed by atoms with Crippen molar-refractivity contribution in [2.45, 2.75) is 53.0 Å². The lowest BCUT2D eigenvalue weighted by atomic mass is 9.99. The molecule has 2 heterocycles. The molecule has 2 aromatic carbocycles. The van der Waals surface area contributed by atoms with Gasteiger partial charge in [-0.1, -0.05) is 25.1 Å². The van der Waals surface area contributed by atoms with Crippen molar-refractivity contribution in [3.8, 4) is 11.5 Å². The van der Waals surface area contributed by atoms with E-state index in [9.17, 15) is 9.59 Å². The highest BCUT2D eigenvalue weighted by Gasteiger charge is 2.33. The molecule has 1 saturated carbocycles. The molecule has 0 bridgehead atoms.